The smallest absolute Gasteiger partial charge is 0.291 e. The van der Waals surface area contributed by atoms with Gasteiger partial charge in [0, 0.05) is 34.4 Å². The van der Waals surface area contributed by atoms with Gasteiger partial charge in [-0.25, -0.2) is 4.98 Å². The Hall–Kier alpha value is -2.38. The van der Waals surface area contributed by atoms with Gasteiger partial charge in [0.2, 0.25) is 0 Å². The highest BCUT2D eigenvalue weighted by Gasteiger charge is 2.16. The van der Waals surface area contributed by atoms with Crippen molar-refractivity contribution in [2.75, 3.05) is 0 Å². The summed E-state index contributed by atoms with van der Waals surface area (Å²) in [6, 6.07) is 16.5. The van der Waals surface area contributed by atoms with Gasteiger partial charge < -0.3 is 9.77 Å². The highest BCUT2D eigenvalue weighted by Crippen LogP contribution is 2.29. The maximum Gasteiger partial charge on any atom is 0.291 e. The second-order valence-electron chi connectivity index (χ2n) is 5.55. The van der Waals surface area contributed by atoms with Crippen molar-refractivity contribution in [3.05, 3.63) is 98.0 Å². The van der Waals surface area contributed by atoms with Crippen molar-refractivity contribution in [2.45, 2.75) is 18.9 Å². The van der Waals surface area contributed by atoms with E-state index in [2.05, 4.69) is 55.8 Å². The Morgan fingerprint density at radius 3 is 2.46 bits per heavy atom. The first-order chi connectivity index (χ1) is 12.5. The van der Waals surface area contributed by atoms with Crippen LogP contribution in [0.5, 0.6) is 0 Å². The molecule has 0 aliphatic carbocycles. The molecule has 1 aromatic heterocycles. The maximum atomic E-state index is 8.36. The molecular weight excluding hydrogens is 422 g/mol. The minimum atomic E-state index is -1.50. The van der Waals surface area contributed by atoms with Crippen LogP contribution in [0, 0.1) is 10.1 Å². The van der Waals surface area contributed by atoms with E-state index in [1.165, 1.54) is 11.1 Å². The molecule has 6 nitrogen and oxygen atoms in total. The van der Waals surface area contributed by atoms with E-state index in [0.717, 1.165) is 22.5 Å². The van der Waals surface area contributed by atoms with Gasteiger partial charge in [-0.3, -0.25) is 0 Å². The molecule has 1 unspecified atom stereocenters. The first-order valence-electron chi connectivity index (χ1n) is 7.73. The van der Waals surface area contributed by atoms with Crippen LogP contribution in [0.2, 0.25) is 5.02 Å². The molecule has 0 amide bonds. The van der Waals surface area contributed by atoms with E-state index in [1.54, 1.807) is 0 Å². The molecule has 0 saturated carbocycles. The molecule has 3 aromatic rings. The number of nitrogens with zero attached hydrogens (tertiary/aromatic N) is 3. The lowest BCUT2D eigenvalue weighted by Crippen LogP contribution is -2.11. The van der Waals surface area contributed by atoms with Crippen molar-refractivity contribution in [2.24, 2.45) is 0 Å². The van der Waals surface area contributed by atoms with Crippen molar-refractivity contribution >= 4 is 27.5 Å². The number of hydrogen-bond acceptors (Lipinski definition) is 3. The molecule has 0 spiro atoms. The van der Waals surface area contributed by atoms with Crippen LogP contribution < -0.4 is 0 Å². The third-order valence-electron chi connectivity index (χ3n) is 3.73. The summed E-state index contributed by atoms with van der Waals surface area (Å²) in [4.78, 5) is 12.5. The molecule has 1 atom stereocenters. The summed E-state index contributed by atoms with van der Waals surface area (Å²) >= 11 is 9.67. The molecule has 0 aliphatic heterocycles. The molecule has 2 aromatic carbocycles. The summed E-state index contributed by atoms with van der Waals surface area (Å²) in [5.41, 5.74) is 2.59. The molecule has 1 heterocycles. The van der Waals surface area contributed by atoms with E-state index in [4.69, 9.17) is 26.9 Å². The molecule has 3 rings (SSSR count). The first-order valence-corrected chi connectivity index (χ1v) is 8.90. The standard InChI is InChI=1S/C18H16BrClN2.HNO3/c19-18-4-2-1-3-17(18)15(12-22-10-9-21-13-22)11-14-5-7-16(20)8-6-14;2-1(3)4/h1-10,13,15H,11-12H2;(H,2,3,4). The van der Waals surface area contributed by atoms with Crippen molar-refractivity contribution in [1.82, 2.24) is 9.55 Å². The van der Waals surface area contributed by atoms with E-state index in [9.17, 15) is 0 Å². The number of halogens is 2. The number of rotatable bonds is 5. The average molecular weight is 439 g/mol. The number of hydrogen-bond donors (Lipinski definition) is 1. The predicted octanol–water partition coefficient (Wildman–Crippen LogP) is 4.98. The van der Waals surface area contributed by atoms with Gasteiger partial charge in [0.25, 0.3) is 5.09 Å². The van der Waals surface area contributed by atoms with Crippen molar-refractivity contribution in [3.8, 4) is 0 Å². The fraction of sp³-hybridized carbons (Fsp3) is 0.167. The van der Waals surface area contributed by atoms with Crippen molar-refractivity contribution in [1.29, 1.82) is 0 Å². The SMILES string of the molecule is Clc1ccc(CC(Cn2ccnc2)c2ccccc2Br)cc1.O=[N+]([O-])O. The Bertz CT molecular complexity index is 822. The van der Waals surface area contributed by atoms with Crippen molar-refractivity contribution in [3.63, 3.8) is 0 Å². The molecule has 0 fully saturated rings. The number of benzene rings is 2. The van der Waals surface area contributed by atoms with Gasteiger partial charge in [-0.15, -0.1) is 10.1 Å². The van der Waals surface area contributed by atoms with Crippen LogP contribution in [0.4, 0.5) is 0 Å². The number of imidazole rings is 1. The lowest BCUT2D eigenvalue weighted by atomic mass is 9.92. The van der Waals surface area contributed by atoms with E-state index >= 15 is 0 Å². The van der Waals surface area contributed by atoms with Crippen LogP contribution in [0.3, 0.4) is 0 Å². The van der Waals surface area contributed by atoms with Gasteiger partial charge in [-0.05, 0) is 35.7 Å². The maximum absolute atomic E-state index is 8.36. The second-order valence-corrected chi connectivity index (χ2v) is 6.84. The molecule has 0 bridgehead atoms. The molecular formula is C18H17BrClN3O3. The monoisotopic (exact) mass is 437 g/mol. The summed E-state index contributed by atoms with van der Waals surface area (Å²) in [5.74, 6) is 0.367. The predicted molar refractivity (Wildman–Crippen MR) is 103 cm³/mol. The van der Waals surface area contributed by atoms with E-state index < -0.39 is 5.09 Å². The topological polar surface area (TPSA) is 81.2 Å². The highest BCUT2D eigenvalue weighted by molar-refractivity contribution is 9.10. The van der Waals surface area contributed by atoms with E-state index in [0.29, 0.717) is 5.92 Å². The minimum Gasteiger partial charge on any atom is -0.337 e. The van der Waals surface area contributed by atoms with E-state index in [1.807, 2.05) is 36.9 Å². The van der Waals surface area contributed by atoms with Crippen LogP contribution in [0.1, 0.15) is 17.0 Å². The van der Waals surface area contributed by atoms with Gasteiger partial charge in [-0.1, -0.05) is 57.9 Å². The molecule has 136 valence electrons. The molecule has 0 aliphatic rings. The fourth-order valence-electron chi connectivity index (χ4n) is 2.63. The van der Waals surface area contributed by atoms with E-state index in [-0.39, 0.29) is 0 Å². The van der Waals surface area contributed by atoms with Crippen LogP contribution in [-0.2, 0) is 13.0 Å². The number of aromatic nitrogens is 2. The van der Waals surface area contributed by atoms with Gasteiger partial charge in [-0.2, -0.15) is 0 Å². The zero-order valence-corrected chi connectivity index (χ0v) is 16.0. The summed E-state index contributed by atoms with van der Waals surface area (Å²) in [6.07, 6.45) is 6.65. The normalized spacial score (nSPS) is 11.3. The summed E-state index contributed by atoms with van der Waals surface area (Å²) < 4.78 is 3.27. The Kier molecular flexibility index (Phi) is 7.62. The quantitative estimate of drug-likeness (QED) is 0.450. The fourth-order valence-corrected chi connectivity index (χ4v) is 3.37. The summed E-state index contributed by atoms with van der Waals surface area (Å²) in [5, 5.41) is 14.4. The van der Waals surface area contributed by atoms with Crippen LogP contribution in [-0.4, -0.2) is 19.8 Å². The molecule has 8 heteroatoms. The lowest BCUT2D eigenvalue weighted by molar-refractivity contribution is -0.742. The summed E-state index contributed by atoms with van der Waals surface area (Å²) in [7, 11) is 0. The molecule has 26 heavy (non-hydrogen) atoms. The molecule has 0 saturated heterocycles. The highest BCUT2D eigenvalue weighted by atomic mass is 79.9. The largest absolute Gasteiger partial charge is 0.337 e. The first kappa shape index (κ1) is 19.9. The van der Waals surface area contributed by atoms with Crippen LogP contribution >= 0.6 is 27.5 Å². The Morgan fingerprint density at radius 1 is 1.23 bits per heavy atom. The third kappa shape index (κ3) is 6.50. The minimum absolute atomic E-state index is 0.367. The van der Waals surface area contributed by atoms with Crippen molar-refractivity contribution < 1.29 is 10.3 Å². The van der Waals surface area contributed by atoms with Gasteiger partial charge in [0.05, 0.1) is 6.33 Å². The third-order valence-corrected chi connectivity index (χ3v) is 4.70. The summed E-state index contributed by atoms with van der Waals surface area (Å²) in [6.45, 7) is 0.894. The lowest BCUT2D eigenvalue weighted by Gasteiger charge is -2.19. The Morgan fingerprint density at radius 2 is 1.88 bits per heavy atom. The Labute approximate surface area is 164 Å². The van der Waals surface area contributed by atoms with Crippen LogP contribution in [0.15, 0.2) is 71.7 Å². The van der Waals surface area contributed by atoms with Gasteiger partial charge in [0.15, 0.2) is 0 Å². The van der Waals surface area contributed by atoms with Gasteiger partial charge >= 0.3 is 0 Å². The van der Waals surface area contributed by atoms with Gasteiger partial charge in [0.1, 0.15) is 0 Å². The Balaban J connectivity index is 0.000000552. The molecule has 1 N–H and O–H groups in total. The zero-order valence-electron chi connectivity index (χ0n) is 13.7. The second kappa shape index (κ2) is 9.94. The zero-order chi connectivity index (χ0) is 18.9. The average Bonchev–Trinajstić information content (AvgIpc) is 3.09. The van der Waals surface area contributed by atoms with Crippen LogP contribution in [0.25, 0.3) is 0 Å². The molecule has 0 radical (unpaired) electrons.